The summed E-state index contributed by atoms with van der Waals surface area (Å²) in [5.41, 5.74) is 1.47. The summed E-state index contributed by atoms with van der Waals surface area (Å²) in [6.07, 6.45) is 4.90. The number of ether oxygens (including phenoxy) is 2. The molecule has 3 rings (SSSR count). The predicted octanol–water partition coefficient (Wildman–Crippen LogP) is 1.80. The third-order valence-corrected chi connectivity index (χ3v) is 4.60. The molecule has 0 aromatic carbocycles. The van der Waals surface area contributed by atoms with Gasteiger partial charge in [-0.25, -0.2) is 0 Å². The van der Waals surface area contributed by atoms with Crippen molar-refractivity contribution in [3.8, 4) is 0 Å². The molecule has 0 unspecified atom stereocenters. The topological polar surface area (TPSA) is 51.7 Å². The van der Waals surface area contributed by atoms with Gasteiger partial charge in [-0.15, -0.1) is 0 Å². The molecular formula is C16H22N2O3. The van der Waals surface area contributed by atoms with Crippen molar-refractivity contribution in [2.24, 2.45) is 0 Å². The molecule has 5 heteroatoms. The summed E-state index contributed by atoms with van der Waals surface area (Å²) < 4.78 is 11.3. The molecule has 1 aliphatic carbocycles. The lowest BCUT2D eigenvalue weighted by Crippen LogP contribution is -2.57. The molecule has 1 saturated heterocycles. The van der Waals surface area contributed by atoms with Crippen molar-refractivity contribution >= 4 is 5.91 Å². The van der Waals surface area contributed by atoms with Crippen LogP contribution in [0.5, 0.6) is 0 Å². The molecule has 0 radical (unpaired) electrons. The van der Waals surface area contributed by atoms with E-state index in [2.05, 4.69) is 4.98 Å². The summed E-state index contributed by atoms with van der Waals surface area (Å²) in [5, 5.41) is 0. The van der Waals surface area contributed by atoms with Crippen LogP contribution >= 0.6 is 0 Å². The average Bonchev–Trinajstić information content (AvgIpc) is 2.53. The molecule has 0 bridgehead atoms. The molecule has 1 aromatic heterocycles. The van der Waals surface area contributed by atoms with Crippen LogP contribution in [-0.4, -0.2) is 54.3 Å². The van der Waals surface area contributed by atoms with E-state index >= 15 is 0 Å². The molecule has 1 aliphatic heterocycles. The van der Waals surface area contributed by atoms with Crippen molar-refractivity contribution in [2.45, 2.75) is 44.4 Å². The second-order valence-electron chi connectivity index (χ2n) is 5.78. The minimum Gasteiger partial charge on any atom is -0.381 e. The number of amides is 1. The SMILES string of the molecule is CO[C@@H]1CC[C@@H]2OCCN(C(=O)c3cccnc3C)[C@@H]2C1. The van der Waals surface area contributed by atoms with Gasteiger partial charge in [0.2, 0.25) is 0 Å². The Labute approximate surface area is 125 Å². The van der Waals surface area contributed by atoms with Crippen LogP contribution in [0, 0.1) is 6.92 Å². The van der Waals surface area contributed by atoms with Crippen molar-refractivity contribution in [1.29, 1.82) is 0 Å². The zero-order chi connectivity index (χ0) is 14.8. The lowest BCUT2D eigenvalue weighted by Gasteiger charge is -2.45. The molecule has 2 fully saturated rings. The minimum absolute atomic E-state index is 0.0654. The van der Waals surface area contributed by atoms with Gasteiger partial charge in [0, 0.05) is 25.5 Å². The fourth-order valence-corrected chi connectivity index (χ4v) is 3.40. The highest BCUT2D eigenvalue weighted by molar-refractivity contribution is 5.95. The van der Waals surface area contributed by atoms with Gasteiger partial charge in [-0.05, 0) is 38.3 Å². The number of rotatable bonds is 2. The summed E-state index contributed by atoms with van der Waals surface area (Å²) in [4.78, 5) is 19.0. The highest BCUT2D eigenvalue weighted by atomic mass is 16.5. The third kappa shape index (κ3) is 2.80. The molecule has 114 valence electrons. The molecule has 2 heterocycles. The van der Waals surface area contributed by atoms with Gasteiger partial charge < -0.3 is 14.4 Å². The Kier molecular flexibility index (Phi) is 4.22. The number of hydrogen-bond acceptors (Lipinski definition) is 4. The molecule has 5 nitrogen and oxygen atoms in total. The summed E-state index contributed by atoms with van der Waals surface area (Å²) in [7, 11) is 1.74. The molecule has 1 amide bonds. The second-order valence-corrected chi connectivity index (χ2v) is 5.78. The Balaban J connectivity index is 1.83. The quantitative estimate of drug-likeness (QED) is 0.833. The Hall–Kier alpha value is -1.46. The summed E-state index contributed by atoms with van der Waals surface area (Å²) in [6.45, 7) is 3.14. The Morgan fingerprint density at radius 1 is 1.48 bits per heavy atom. The maximum atomic E-state index is 12.9. The Morgan fingerprint density at radius 2 is 2.33 bits per heavy atom. The van der Waals surface area contributed by atoms with Gasteiger partial charge in [0.25, 0.3) is 5.91 Å². The van der Waals surface area contributed by atoms with Crippen LogP contribution in [0.3, 0.4) is 0 Å². The van der Waals surface area contributed by atoms with Gasteiger partial charge in [0.15, 0.2) is 0 Å². The standard InChI is InChI=1S/C16H22N2O3/c1-11-13(4-3-7-17-11)16(19)18-8-9-21-15-6-5-12(20-2)10-14(15)18/h3-4,7,12,14-15H,5-6,8-10H2,1-2H3/t12-,14-,15+/m1/s1. The van der Waals surface area contributed by atoms with E-state index in [1.807, 2.05) is 24.0 Å². The van der Waals surface area contributed by atoms with Crippen LogP contribution < -0.4 is 0 Å². The number of aromatic nitrogens is 1. The lowest BCUT2D eigenvalue weighted by molar-refractivity contribution is -0.101. The molecule has 1 saturated carbocycles. The Bertz CT molecular complexity index is 520. The number of pyridine rings is 1. The number of fused-ring (bicyclic) bond motifs is 1. The predicted molar refractivity (Wildman–Crippen MR) is 78.2 cm³/mol. The van der Waals surface area contributed by atoms with Crippen molar-refractivity contribution in [2.75, 3.05) is 20.3 Å². The van der Waals surface area contributed by atoms with Gasteiger partial charge in [0.05, 0.1) is 30.4 Å². The van der Waals surface area contributed by atoms with E-state index in [0.29, 0.717) is 18.7 Å². The van der Waals surface area contributed by atoms with E-state index < -0.39 is 0 Å². The summed E-state index contributed by atoms with van der Waals surface area (Å²) >= 11 is 0. The number of morpholine rings is 1. The first-order chi connectivity index (χ1) is 10.2. The number of carbonyl (C=O) groups is 1. The molecular weight excluding hydrogens is 268 g/mol. The summed E-state index contributed by atoms with van der Waals surface area (Å²) in [6, 6.07) is 3.78. The van der Waals surface area contributed by atoms with Crippen molar-refractivity contribution in [1.82, 2.24) is 9.88 Å². The van der Waals surface area contributed by atoms with E-state index in [0.717, 1.165) is 25.0 Å². The molecule has 3 atom stereocenters. The molecule has 21 heavy (non-hydrogen) atoms. The van der Waals surface area contributed by atoms with Crippen LogP contribution in [0.4, 0.5) is 0 Å². The van der Waals surface area contributed by atoms with Crippen LogP contribution in [-0.2, 0) is 9.47 Å². The number of methoxy groups -OCH3 is 1. The van der Waals surface area contributed by atoms with Gasteiger partial charge in [0.1, 0.15) is 0 Å². The number of hydrogen-bond donors (Lipinski definition) is 0. The van der Waals surface area contributed by atoms with E-state index in [-0.39, 0.29) is 24.2 Å². The van der Waals surface area contributed by atoms with E-state index in [9.17, 15) is 4.79 Å². The molecule has 0 spiro atoms. The first-order valence-corrected chi connectivity index (χ1v) is 7.57. The van der Waals surface area contributed by atoms with Gasteiger partial charge >= 0.3 is 0 Å². The number of nitrogens with zero attached hydrogens (tertiary/aromatic N) is 2. The lowest BCUT2D eigenvalue weighted by atomic mass is 9.87. The largest absolute Gasteiger partial charge is 0.381 e. The van der Waals surface area contributed by atoms with E-state index in [4.69, 9.17) is 9.47 Å². The van der Waals surface area contributed by atoms with Gasteiger partial charge in [-0.1, -0.05) is 0 Å². The molecule has 2 aliphatic rings. The third-order valence-electron chi connectivity index (χ3n) is 4.60. The first-order valence-electron chi connectivity index (χ1n) is 7.57. The van der Waals surface area contributed by atoms with Crippen LogP contribution in [0.2, 0.25) is 0 Å². The van der Waals surface area contributed by atoms with Crippen LogP contribution in [0.1, 0.15) is 35.3 Å². The first kappa shape index (κ1) is 14.5. The van der Waals surface area contributed by atoms with E-state index in [1.165, 1.54) is 0 Å². The van der Waals surface area contributed by atoms with Gasteiger partial charge in [-0.2, -0.15) is 0 Å². The highest BCUT2D eigenvalue weighted by Crippen LogP contribution is 2.31. The smallest absolute Gasteiger partial charge is 0.256 e. The van der Waals surface area contributed by atoms with Gasteiger partial charge in [-0.3, -0.25) is 9.78 Å². The average molecular weight is 290 g/mol. The zero-order valence-corrected chi connectivity index (χ0v) is 12.6. The van der Waals surface area contributed by atoms with Crippen LogP contribution in [0.15, 0.2) is 18.3 Å². The molecule has 1 aromatic rings. The normalized spacial score (nSPS) is 29.0. The Morgan fingerprint density at radius 3 is 3.10 bits per heavy atom. The molecule has 0 N–H and O–H groups in total. The van der Waals surface area contributed by atoms with E-state index in [1.54, 1.807) is 13.3 Å². The maximum absolute atomic E-state index is 12.9. The highest BCUT2D eigenvalue weighted by Gasteiger charge is 2.40. The maximum Gasteiger partial charge on any atom is 0.256 e. The fourth-order valence-electron chi connectivity index (χ4n) is 3.40. The summed E-state index contributed by atoms with van der Waals surface area (Å²) in [5.74, 6) is 0.0654. The fraction of sp³-hybridized carbons (Fsp3) is 0.625. The number of aryl methyl sites for hydroxylation is 1. The monoisotopic (exact) mass is 290 g/mol. The minimum atomic E-state index is 0.0654. The van der Waals surface area contributed by atoms with Crippen molar-refractivity contribution in [3.63, 3.8) is 0 Å². The van der Waals surface area contributed by atoms with Crippen molar-refractivity contribution in [3.05, 3.63) is 29.6 Å². The van der Waals surface area contributed by atoms with Crippen LogP contribution in [0.25, 0.3) is 0 Å². The second kappa shape index (κ2) is 6.12. The zero-order valence-electron chi connectivity index (χ0n) is 12.6. The number of carbonyl (C=O) groups excluding carboxylic acids is 1. The van der Waals surface area contributed by atoms with Crippen molar-refractivity contribution < 1.29 is 14.3 Å².